The van der Waals surface area contributed by atoms with E-state index in [4.69, 9.17) is 0 Å². The molecule has 3 atom stereocenters. The van der Waals surface area contributed by atoms with Gasteiger partial charge in [-0.15, -0.1) is 23.1 Å². The number of carbonyl (C=O) groups excluding carboxylic acids is 4. The highest BCUT2D eigenvalue weighted by molar-refractivity contribution is 7.99. The molecule has 3 fully saturated rings. The molecule has 0 bridgehead atoms. The SMILES string of the molecule is O=C1NC(O)CCC1N1Cc2c(SCCCN3CCN(C4CCN(c5ccc6c(c5)C(=O)N(C(C(=O)Nc5nccs5)c5cc(F)ccc5O)C6)CC4)CC3)cccc2C1=O. The molecule has 4 N–H and O–H groups in total. The molecule has 3 unspecified atom stereocenters. The minimum atomic E-state index is -1.27. The van der Waals surface area contributed by atoms with Crippen LogP contribution in [0.3, 0.4) is 0 Å². The molecule has 0 saturated carbocycles. The van der Waals surface area contributed by atoms with Crippen LogP contribution in [0.2, 0.25) is 0 Å². The summed E-state index contributed by atoms with van der Waals surface area (Å²) < 4.78 is 14.4. The summed E-state index contributed by atoms with van der Waals surface area (Å²) in [4.78, 5) is 69.2. The van der Waals surface area contributed by atoms with Gasteiger partial charge in [0.1, 0.15) is 29.9 Å². The molecule has 3 saturated heterocycles. The summed E-state index contributed by atoms with van der Waals surface area (Å²) in [6.07, 6.45) is 4.65. The first-order chi connectivity index (χ1) is 29.6. The minimum Gasteiger partial charge on any atom is -0.508 e. The van der Waals surface area contributed by atoms with Crippen LogP contribution in [0, 0.1) is 5.82 Å². The zero-order valence-corrected chi connectivity index (χ0v) is 35.3. The first-order valence-corrected chi connectivity index (χ1v) is 22.9. The largest absolute Gasteiger partial charge is 0.508 e. The van der Waals surface area contributed by atoms with Gasteiger partial charge in [-0.05, 0) is 98.0 Å². The Bertz CT molecular complexity index is 2300. The zero-order valence-electron chi connectivity index (χ0n) is 33.7. The summed E-state index contributed by atoms with van der Waals surface area (Å²) in [5.74, 6) is -1.32. The molecule has 0 aliphatic carbocycles. The van der Waals surface area contributed by atoms with Crippen LogP contribution in [0.1, 0.15) is 75.6 Å². The van der Waals surface area contributed by atoms with Gasteiger partial charge in [0.2, 0.25) is 5.91 Å². The van der Waals surface area contributed by atoms with Crippen LogP contribution >= 0.6 is 23.1 Å². The smallest absolute Gasteiger partial charge is 0.255 e. The standard InChI is InChI=1S/C44H49FN8O6S2/c45-28-6-9-36(54)33(23-28)39(41(57)48-44-46-13-22-61-44)53-25-27-5-7-30(24-32(27)43(53)59)50-15-11-29(12-16-50)51-19-17-49(18-20-51)14-2-21-60-37-4-1-3-31-34(37)26-52(42(31)58)35-8-10-38(55)47-40(35)56/h1,3-7,9,13,22-24,29,35,38-39,54-55H,2,8,10-12,14-21,25-26H2,(H,47,56)(H,46,48,57). The Balaban J connectivity index is 0.742. The molecule has 1 aromatic heterocycles. The summed E-state index contributed by atoms with van der Waals surface area (Å²) >= 11 is 3.00. The number of hydrogen-bond acceptors (Lipinski definition) is 12. The number of nitrogens with zero attached hydrogens (tertiary/aromatic N) is 6. The number of phenolic OH excluding ortho intramolecular Hbond substituents is 1. The average Bonchev–Trinajstić information content (AvgIpc) is 3.99. The number of amides is 4. The lowest BCUT2D eigenvalue weighted by Gasteiger charge is -2.43. The van der Waals surface area contributed by atoms with Crippen molar-refractivity contribution in [3.05, 3.63) is 99.8 Å². The maximum Gasteiger partial charge on any atom is 0.255 e. The normalized spacial score (nSPS) is 21.7. The predicted molar refractivity (Wildman–Crippen MR) is 230 cm³/mol. The van der Waals surface area contributed by atoms with E-state index < -0.39 is 30.0 Å². The molecule has 6 heterocycles. The number of anilines is 2. The van der Waals surface area contributed by atoms with Crippen molar-refractivity contribution in [1.29, 1.82) is 0 Å². The third-order valence-corrected chi connectivity index (χ3v) is 14.6. The average molecular weight is 869 g/mol. The van der Waals surface area contributed by atoms with Crippen LogP contribution in [0.5, 0.6) is 5.75 Å². The second-order valence-electron chi connectivity index (χ2n) is 16.3. The summed E-state index contributed by atoms with van der Waals surface area (Å²) in [7, 11) is 0. The van der Waals surface area contributed by atoms with Gasteiger partial charge in [-0.3, -0.25) is 29.4 Å². The molecule has 0 radical (unpaired) electrons. The number of phenols is 1. The van der Waals surface area contributed by atoms with Crippen molar-refractivity contribution in [2.24, 2.45) is 0 Å². The highest BCUT2D eigenvalue weighted by Gasteiger charge is 2.41. The number of benzene rings is 3. The van der Waals surface area contributed by atoms with Crippen LogP contribution in [0.4, 0.5) is 15.2 Å². The number of thioether (sulfide) groups is 1. The van der Waals surface area contributed by atoms with Gasteiger partial charge in [-0.25, -0.2) is 9.37 Å². The number of hydrogen-bond donors (Lipinski definition) is 4. The molecule has 5 aliphatic heterocycles. The van der Waals surface area contributed by atoms with Crippen LogP contribution in [0.25, 0.3) is 0 Å². The lowest BCUT2D eigenvalue weighted by atomic mass is 10.0. The molecule has 3 aromatic carbocycles. The quantitative estimate of drug-likeness (QED) is 0.116. The fourth-order valence-electron chi connectivity index (χ4n) is 9.47. The molecule has 320 valence electrons. The van der Waals surface area contributed by atoms with Gasteiger partial charge in [0.05, 0.1) is 0 Å². The van der Waals surface area contributed by atoms with Crippen LogP contribution in [-0.4, -0.2) is 128 Å². The Morgan fingerprint density at radius 3 is 2.54 bits per heavy atom. The zero-order chi connectivity index (χ0) is 42.2. The second-order valence-corrected chi connectivity index (χ2v) is 18.4. The number of aliphatic hydroxyl groups excluding tert-OH is 1. The van der Waals surface area contributed by atoms with Crippen LogP contribution < -0.4 is 15.5 Å². The van der Waals surface area contributed by atoms with E-state index in [1.807, 2.05) is 30.3 Å². The van der Waals surface area contributed by atoms with Crippen molar-refractivity contribution < 1.29 is 33.8 Å². The summed E-state index contributed by atoms with van der Waals surface area (Å²) in [5, 5.41) is 27.8. The van der Waals surface area contributed by atoms with Crippen LogP contribution in [0.15, 0.2) is 71.1 Å². The van der Waals surface area contributed by atoms with Crippen molar-refractivity contribution in [1.82, 2.24) is 29.9 Å². The summed E-state index contributed by atoms with van der Waals surface area (Å²) in [5.41, 5.74) is 3.89. The number of thiazole rings is 1. The van der Waals surface area contributed by atoms with Crippen molar-refractivity contribution in [3.63, 3.8) is 0 Å². The fraction of sp³-hybridized carbons (Fsp3) is 0.432. The Labute approximate surface area is 361 Å². The fourth-order valence-corrected chi connectivity index (χ4v) is 11.0. The van der Waals surface area contributed by atoms with Crippen molar-refractivity contribution in [2.45, 2.75) is 74.4 Å². The van der Waals surface area contributed by atoms with E-state index in [1.165, 1.54) is 22.3 Å². The number of carbonyl (C=O) groups is 4. The van der Waals surface area contributed by atoms with Crippen LogP contribution in [-0.2, 0) is 22.7 Å². The highest BCUT2D eigenvalue weighted by atomic mass is 32.2. The van der Waals surface area contributed by atoms with Crippen molar-refractivity contribution in [2.75, 3.05) is 61.8 Å². The minimum absolute atomic E-state index is 0.00695. The first-order valence-electron chi connectivity index (χ1n) is 21.0. The van der Waals surface area contributed by atoms with E-state index in [2.05, 4.69) is 36.4 Å². The highest BCUT2D eigenvalue weighted by Crippen LogP contribution is 2.39. The molecule has 17 heteroatoms. The van der Waals surface area contributed by atoms with E-state index >= 15 is 0 Å². The number of aliphatic hydroxyl groups is 1. The first kappa shape index (κ1) is 41.3. The Morgan fingerprint density at radius 1 is 0.951 bits per heavy atom. The Kier molecular flexibility index (Phi) is 12.0. The van der Waals surface area contributed by atoms with Gasteiger partial charge in [0.25, 0.3) is 17.7 Å². The van der Waals surface area contributed by atoms with Crippen molar-refractivity contribution in [3.8, 4) is 5.75 Å². The van der Waals surface area contributed by atoms with E-state index in [9.17, 15) is 33.8 Å². The number of fused-ring (bicyclic) bond motifs is 2. The number of piperazine rings is 1. The third kappa shape index (κ3) is 8.58. The number of nitrogens with one attached hydrogen (secondary N) is 2. The molecule has 61 heavy (non-hydrogen) atoms. The van der Waals surface area contributed by atoms with E-state index in [0.29, 0.717) is 41.7 Å². The molecule has 4 amide bonds. The maximum absolute atomic E-state index is 14.4. The van der Waals surface area contributed by atoms with Gasteiger partial charge in [0, 0.05) is 97.3 Å². The lowest BCUT2D eigenvalue weighted by molar-refractivity contribution is -0.132. The maximum atomic E-state index is 14.4. The Hall–Kier alpha value is -5.07. The van der Waals surface area contributed by atoms with Gasteiger partial charge in [-0.2, -0.15) is 0 Å². The Morgan fingerprint density at radius 2 is 1.77 bits per heavy atom. The van der Waals surface area contributed by atoms with E-state index in [0.717, 1.165) is 105 Å². The molecule has 4 aromatic rings. The molecule has 5 aliphatic rings. The number of rotatable bonds is 12. The lowest BCUT2D eigenvalue weighted by Crippen LogP contribution is -2.54. The molecule has 0 spiro atoms. The summed E-state index contributed by atoms with van der Waals surface area (Å²) in [6, 6.07) is 13.8. The third-order valence-electron chi connectivity index (χ3n) is 12.7. The summed E-state index contributed by atoms with van der Waals surface area (Å²) in [6.45, 7) is 7.38. The number of aromatic hydroxyl groups is 1. The van der Waals surface area contributed by atoms with Gasteiger partial charge < -0.3 is 35.1 Å². The molecule has 14 nitrogen and oxygen atoms in total. The van der Waals surface area contributed by atoms with E-state index in [1.54, 1.807) is 28.2 Å². The van der Waals surface area contributed by atoms with Crippen molar-refractivity contribution >= 4 is 57.5 Å². The monoisotopic (exact) mass is 868 g/mol. The molecule has 9 rings (SSSR count). The second kappa shape index (κ2) is 17.7. The van der Waals surface area contributed by atoms with Gasteiger partial charge >= 0.3 is 0 Å². The topological polar surface area (TPSA) is 162 Å². The van der Waals surface area contributed by atoms with E-state index in [-0.39, 0.29) is 35.6 Å². The number of halogens is 1. The molecular formula is C44H49FN8O6S2. The predicted octanol–water partition coefficient (Wildman–Crippen LogP) is 4.65. The van der Waals surface area contributed by atoms with Gasteiger partial charge in [-0.1, -0.05) is 12.1 Å². The molecular weight excluding hydrogens is 820 g/mol. The number of piperidine rings is 2. The number of aromatic nitrogens is 1. The van der Waals surface area contributed by atoms with Gasteiger partial charge in [0.15, 0.2) is 5.13 Å².